The topological polar surface area (TPSA) is 54.9 Å². The number of aromatic nitrogens is 2. The third-order valence-electron chi connectivity index (χ3n) is 3.02. The highest BCUT2D eigenvalue weighted by Crippen LogP contribution is 2.21. The van der Waals surface area contributed by atoms with Crippen molar-refractivity contribution in [3.05, 3.63) is 59.2 Å². The molecule has 0 radical (unpaired) electrons. The molecule has 2 rings (SSSR count). The quantitative estimate of drug-likeness (QED) is 0.915. The van der Waals surface area contributed by atoms with Crippen LogP contribution in [0, 0.1) is 6.92 Å². The molecule has 1 amide bonds. The average Bonchev–Trinajstić information content (AvgIpc) is 2.45. The van der Waals surface area contributed by atoms with Crippen LogP contribution >= 0.6 is 0 Å². The molecule has 0 fully saturated rings. The predicted octanol–water partition coefficient (Wildman–Crippen LogP) is 2.30. The summed E-state index contributed by atoms with van der Waals surface area (Å²) in [4.78, 5) is 20.5. The average molecular weight is 255 g/mol. The van der Waals surface area contributed by atoms with Crippen LogP contribution in [0.5, 0.6) is 0 Å². The van der Waals surface area contributed by atoms with Gasteiger partial charge in [0.25, 0.3) is 5.91 Å². The van der Waals surface area contributed by atoms with Crippen molar-refractivity contribution in [1.29, 1.82) is 0 Å². The molecule has 0 aliphatic heterocycles. The molecule has 0 saturated carbocycles. The highest BCUT2D eigenvalue weighted by Gasteiger charge is 2.14. The molecular formula is C15H17N3O. The van der Waals surface area contributed by atoms with E-state index in [-0.39, 0.29) is 11.8 Å². The minimum Gasteiger partial charge on any atom is -0.354 e. The molecule has 0 aliphatic carbocycles. The Balaban J connectivity index is 2.40. The second kappa shape index (κ2) is 5.61. The second-order valence-electron chi connectivity index (χ2n) is 4.51. The van der Waals surface area contributed by atoms with E-state index in [4.69, 9.17) is 0 Å². The third kappa shape index (κ3) is 2.96. The van der Waals surface area contributed by atoms with Crippen LogP contribution in [-0.2, 0) is 0 Å². The molecule has 2 heterocycles. The zero-order valence-corrected chi connectivity index (χ0v) is 11.3. The van der Waals surface area contributed by atoms with E-state index in [0.717, 1.165) is 17.0 Å². The minimum atomic E-state index is -0.168. The smallest absolute Gasteiger partial charge is 0.269 e. The van der Waals surface area contributed by atoms with Crippen LogP contribution in [0.15, 0.2) is 36.5 Å². The van der Waals surface area contributed by atoms with Crippen LogP contribution < -0.4 is 5.32 Å². The maximum absolute atomic E-state index is 11.7. The summed E-state index contributed by atoms with van der Waals surface area (Å²) in [5, 5.41) is 2.60. The Kier molecular flexibility index (Phi) is 3.90. The van der Waals surface area contributed by atoms with Gasteiger partial charge in [0.2, 0.25) is 0 Å². The van der Waals surface area contributed by atoms with E-state index in [0.29, 0.717) is 5.69 Å². The predicted molar refractivity (Wildman–Crippen MR) is 74.1 cm³/mol. The molecule has 2 aromatic heterocycles. The fraction of sp³-hybridized carbons (Fsp3) is 0.267. The Hall–Kier alpha value is -2.23. The number of carbonyl (C=O) groups excluding carboxylic acids is 1. The van der Waals surface area contributed by atoms with Gasteiger partial charge in [-0.25, -0.2) is 4.98 Å². The Labute approximate surface area is 112 Å². The van der Waals surface area contributed by atoms with Gasteiger partial charge in [0.1, 0.15) is 5.69 Å². The van der Waals surface area contributed by atoms with Gasteiger partial charge in [0.05, 0.1) is 5.69 Å². The monoisotopic (exact) mass is 255 g/mol. The van der Waals surface area contributed by atoms with Gasteiger partial charge in [0, 0.05) is 24.9 Å². The van der Waals surface area contributed by atoms with Crippen LogP contribution in [-0.4, -0.2) is 22.9 Å². The number of pyridine rings is 2. The summed E-state index contributed by atoms with van der Waals surface area (Å²) >= 11 is 0. The van der Waals surface area contributed by atoms with E-state index in [2.05, 4.69) is 15.3 Å². The van der Waals surface area contributed by atoms with Crippen LogP contribution in [0.4, 0.5) is 0 Å². The van der Waals surface area contributed by atoms with Crippen molar-refractivity contribution in [2.24, 2.45) is 0 Å². The lowest BCUT2D eigenvalue weighted by atomic mass is 10.0. The van der Waals surface area contributed by atoms with Crippen molar-refractivity contribution in [2.45, 2.75) is 19.8 Å². The molecule has 0 bridgehead atoms. The first-order chi connectivity index (χ1) is 9.11. The van der Waals surface area contributed by atoms with Crippen molar-refractivity contribution in [1.82, 2.24) is 15.3 Å². The maximum Gasteiger partial charge on any atom is 0.269 e. The van der Waals surface area contributed by atoms with E-state index in [9.17, 15) is 4.79 Å². The van der Waals surface area contributed by atoms with Crippen molar-refractivity contribution in [3.8, 4) is 0 Å². The molecule has 1 N–H and O–H groups in total. The van der Waals surface area contributed by atoms with E-state index >= 15 is 0 Å². The van der Waals surface area contributed by atoms with Crippen LogP contribution in [0.1, 0.15) is 40.3 Å². The normalized spacial score (nSPS) is 11.9. The first-order valence-electron chi connectivity index (χ1n) is 6.23. The first-order valence-corrected chi connectivity index (χ1v) is 6.23. The largest absolute Gasteiger partial charge is 0.354 e. The highest BCUT2D eigenvalue weighted by molar-refractivity contribution is 5.92. The zero-order chi connectivity index (χ0) is 13.8. The molecule has 0 saturated heterocycles. The summed E-state index contributed by atoms with van der Waals surface area (Å²) in [6.45, 7) is 4.00. The Bertz CT molecular complexity index is 581. The third-order valence-corrected chi connectivity index (χ3v) is 3.02. The molecule has 19 heavy (non-hydrogen) atoms. The van der Waals surface area contributed by atoms with Crippen LogP contribution in [0.25, 0.3) is 0 Å². The van der Waals surface area contributed by atoms with Gasteiger partial charge in [-0.05, 0) is 36.8 Å². The SMILES string of the molecule is CNC(=O)c1cc(C)cc(C(C)c2ccccn2)n1. The molecule has 1 unspecified atom stereocenters. The van der Waals surface area contributed by atoms with E-state index in [1.54, 1.807) is 19.3 Å². The molecule has 0 aliphatic rings. The van der Waals surface area contributed by atoms with E-state index in [1.165, 1.54) is 0 Å². The molecule has 0 spiro atoms. The Morgan fingerprint density at radius 3 is 2.68 bits per heavy atom. The fourth-order valence-corrected chi connectivity index (χ4v) is 1.94. The van der Waals surface area contributed by atoms with Gasteiger partial charge >= 0.3 is 0 Å². The molecule has 0 aromatic carbocycles. The summed E-state index contributed by atoms with van der Waals surface area (Å²) in [5.74, 6) is -0.109. The van der Waals surface area contributed by atoms with Gasteiger partial charge in [-0.1, -0.05) is 13.0 Å². The molecule has 98 valence electrons. The number of nitrogens with one attached hydrogen (secondary N) is 1. The summed E-state index contributed by atoms with van der Waals surface area (Å²) < 4.78 is 0. The Morgan fingerprint density at radius 1 is 1.26 bits per heavy atom. The molecular weight excluding hydrogens is 238 g/mol. The fourth-order valence-electron chi connectivity index (χ4n) is 1.94. The number of hydrogen-bond donors (Lipinski definition) is 1. The number of carbonyl (C=O) groups is 1. The maximum atomic E-state index is 11.7. The standard InChI is InChI=1S/C15H17N3O/c1-10-8-13(18-14(9-10)15(19)16-3)11(2)12-6-4-5-7-17-12/h4-9,11H,1-3H3,(H,16,19). The molecule has 4 heteroatoms. The van der Waals surface area contributed by atoms with Gasteiger partial charge in [0.15, 0.2) is 0 Å². The lowest BCUT2D eigenvalue weighted by molar-refractivity contribution is 0.0958. The number of aryl methyl sites for hydroxylation is 1. The summed E-state index contributed by atoms with van der Waals surface area (Å²) in [6, 6.07) is 9.58. The van der Waals surface area contributed by atoms with Gasteiger partial charge in [-0.2, -0.15) is 0 Å². The number of hydrogen-bond acceptors (Lipinski definition) is 3. The van der Waals surface area contributed by atoms with E-state index in [1.807, 2.05) is 38.1 Å². The summed E-state index contributed by atoms with van der Waals surface area (Å²) in [7, 11) is 1.61. The van der Waals surface area contributed by atoms with E-state index < -0.39 is 0 Å². The van der Waals surface area contributed by atoms with Gasteiger partial charge in [-0.15, -0.1) is 0 Å². The molecule has 1 atom stereocenters. The molecule has 4 nitrogen and oxygen atoms in total. The number of rotatable bonds is 3. The lowest BCUT2D eigenvalue weighted by Gasteiger charge is -2.12. The van der Waals surface area contributed by atoms with Crippen molar-refractivity contribution >= 4 is 5.91 Å². The number of amides is 1. The zero-order valence-electron chi connectivity index (χ0n) is 11.3. The minimum absolute atomic E-state index is 0.0597. The van der Waals surface area contributed by atoms with Crippen molar-refractivity contribution < 1.29 is 4.79 Å². The van der Waals surface area contributed by atoms with Crippen LogP contribution in [0.3, 0.4) is 0 Å². The van der Waals surface area contributed by atoms with Gasteiger partial charge in [-0.3, -0.25) is 9.78 Å². The molecule has 2 aromatic rings. The second-order valence-corrected chi connectivity index (χ2v) is 4.51. The lowest BCUT2D eigenvalue weighted by Crippen LogP contribution is -2.20. The summed E-state index contributed by atoms with van der Waals surface area (Å²) in [6.07, 6.45) is 1.77. The van der Waals surface area contributed by atoms with Crippen molar-refractivity contribution in [3.63, 3.8) is 0 Å². The highest BCUT2D eigenvalue weighted by atomic mass is 16.1. The van der Waals surface area contributed by atoms with Crippen LogP contribution in [0.2, 0.25) is 0 Å². The first kappa shape index (κ1) is 13.2. The Morgan fingerprint density at radius 2 is 2.05 bits per heavy atom. The van der Waals surface area contributed by atoms with Gasteiger partial charge < -0.3 is 5.32 Å². The van der Waals surface area contributed by atoms with Crippen molar-refractivity contribution in [2.75, 3.05) is 7.05 Å². The summed E-state index contributed by atoms with van der Waals surface area (Å²) in [5.41, 5.74) is 3.27. The number of nitrogens with zero attached hydrogens (tertiary/aromatic N) is 2.